The number of nitrogens with one attached hydrogen (secondary N) is 1. The Morgan fingerprint density at radius 2 is 1.81 bits per heavy atom. The fourth-order valence-electron chi connectivity index (χ4n) is 3.83. The number of carbonyl (C=O) groups is 1. The zero-order valence-corrected chi connectivity index (χ0v) is 18.5. The second-order valence-corrected chi connectivity index (χ2v) is 8.54. The molecule has 170 valence electrons. The Bertz CT molecular complexity index is 767. The Hall–Kier alpha value is -2.68. The van der Waals surface area contributed by atoms with Gasteiger partial charge in [0, 0.05) is 50.8 Å². The van der Waals surface area contributed by atoms with Gasteiger partial charge in [0.05, 0.1) is 24.7 Å². The molecule has 1 amide bonds. The second-order valence-electron chi connectivity index (χ2n) is 8.54. The molecule has 31 heavy (non-hydrogen) atoms. The number of nitrogens with zero attached hydrogens (tertiary/aromatic N) is 4. The summed E-state index contributed by atoms with van der Waals surface area (Å²) < 4.78 is 5.35. The second kappa shape index (κ2) is 11.1. The van der Waals surface area contributed by atoms with Gasteiger partial charge in [0.1, 0.15) is 0 Å². The first-order valence-corrected chi connectivity index (χ1v) is 11.1. The van der Waals surface area contributed by atoms with Crippen LogP contribution in [0, 0.1) is 22.0 Å². The van der Waals surface area contributed by atoms with Gasteiger partial charge in [-0.05, 0) is 24.3 Å². The van der Waals surface area contributed by atoms with Crippen molar-refractivity contribution in [1.29, 1.82) is 0 Å². The first kappa shape index (κ1) is 23.0. The van der Waals surface area contributed by atoms with Gasteiger partial charge in [0.25, 0.3) is 5.69 Å². The number of guanidine groups is 1. The van der Waals surface area contributed by atoms with Crippen LogP contribution in [0.25, 0.3) is 0 Å². The zero-order chi connectivity index (χ0) is 22.2. The van der Waals surface area contributed by atoms with Crippen molar-refractivity contribution in [3.05, 3.63) is 39.9 Å². The third-order valence-electron chi connectivity index (χ3n) is 5.69. The number of hydrogen-bond acceptors (Lipinski definition) is 5. The van der Waals surface area contributed by atoms with Gasteiger partial charge < -0.3 is 19.9 Å². The van der Waals surface area contributed by atoms with Gasteiger partial charge in [-0.15, -0.1) is 0 Å². The first-order valence-electron chi connectivity index (χ1n) is 11.1. The SMILES string of the molecule is CC(C)CNC(=NCc1ccc([N+](=O)[O-])cc1)N1CCC(C(=O)N2CCOCC2)CC1. The normalized spacial score (nSPS) is 18.4. The van der Waals surface area contributed by atoms with Crippen LogP contribution < -0.4 is 5.32 Å². The molecule has 0 unspecified atom stereocenters. The van der Waals surface area contributed by atoms with Crippen molar-refractivity contribution in [3.8, 4) is 0 Å². The van der Waals surface area contributed by atoms with E-state index in [4.69, 9.17) is 9.73 Å². The van der Waals surface area contributed by atoms with Crippen molar-refractivity contribution in [1.82, 2.24) is 15.1 Å². The number of rotatable bonds is 6. The topological polar surface area (TPSA) is 100 Å². The molecule has 0 saturated carbocycles. The lowest BCUT2D eigenvalue weighted by Gasteiger charge is -2.37. The molecule has 0 bridgehead atoms. The quantitative estimate of drug-likeness (QED) is 0.321. The molecular formula is C22H33N5O4. The lowest BCUT2D eigenvalue weighted by atomic mass is 9.95. The van der Waals surface area contributed by atoms with E-state index in [9.17, 15) is 14.9 Å². The Kier molecular flexibility index (Phi) is 8.22. The average molecular weight is 432 g/mol. The highest BCUT2D eigenvalue weighted by Gasteiger charge is 2.30. The van der Waals surface area contributed by atoms with Crippen LogP contribution in [-0.2, 0) is 16.1 Å². The number of carbonyl (C=O) groups excluding carboxylic acids is 1. The number of nitro benzene ring substituents is 1. The Morgan fingerprint density at radius 3 is 2.39 bits per heavy atom. The molecule has 0 spiro atoms. The summed E-state index contributed by atoms with van der Waals surface area (Å²) in [6.45, 7) is 9.76. The number of piperidine rings is 1. The van der Waals surface area contributed by atoms with E-state index in [0.29, 0.717) is 38.8 Å². The van der Waals surface area contributed by atoms with E-state index >= 15 is 0 Å². The van der Waals surface area contributed by atoms with Crippen molar-refractivity contribution in [2.24, 2.45) is 16.8 Å². The fraction of sp³-hybridized carbons (Fsp3) is 0.636. The van der Waals surface area contributed by atoms with Crippen LogP contribution in [0.2, 0.25) is 0 Å². The summed E-state index contributed by atoms with van der Waals surface area (Å²) in [5.74, 6) is 1.63. The van der Waals surface area contributed by atoms with E-state index in [2.05, 4.69) is 24.1 Å². The molecule has 0 aromatic heterocycles. The molecular weight excluding hydrogens is 398 g/mol. The van der Waals surface area contributed by atoms with Crippen LogP contribution in [0.15, 0.2) is 29.3 Å². The lowest BCUT2D eigenvalue weighted by molar-refractivity contribution is -0.384. The maximum Gasteiger partial charge on any atom is 0.269 e. The molecule has 0 aliphatic carbocycles. The number of non-ortho nitro benzene ring substituents is 1. The van der Waals surface area contributed by atoms with Gasteiger partial charge in [-0.2, -0.15) is 0 Å². The summed E-state index contributed by atoms with van der Waals surface area (Å²) in [5.41, 5.74) is 1.00. The summed E-state index contributed by atoms with van der Waals surface area (Å²) >= 11 is 0. The van der Waals surface area contributed by atoms with E-state index in [1.165, 1.54) is 12.1 Å². The summed E-state index contributed by atoms with van der Waals surface area (Å²) in [7, 11) is 0. The molecule has 2 heterocycles. The molecule has 0 radical (unpaired) electrons. The maximum atomic E-state index is 12.8. The number of hydrogen-bond donors (Lipinski definition) is 1. The minimum absolute atomic E-state index is 0.0652. The number of morpholine rings is 1. The molecule has 2 fully saturated rings. The van der Waals surface area contributed by atoms with Crippen molar-refractivity contribution in [2.45, 2.75) is 33.2 Å². The van der Waals surface area contributed by atoms with E-state index in [-0.39, 0.29) is 17.5 Å². The molecule has 3 rings (SSSR count). The highest BCUT2D eigenvalue weighted by molar-refractivity contribution is 5.82. The Morgan fingerprint density at radius 1 is 1.16 bits per heavy atom. The highest BCUT2D eigenvalue weighted by atomic mass is 16.6. The van der Waals surface area contributed by atoms with E-state index in [0.717, 1.165) is 44.0 Å². The van der Waals surface area contributed by atoms with Crippen molar-refractivity contribution in [3.63, 3.8) is 0 Å². The van der Waals surface area contributed by atoms with Crippen molar-refractivity contribution < 1.29 is 14.5 Å². The third kappa shape index (κ3) is 6.65. The van der Waals surface area contributed by atoms with E-state index < -0.39 is 4.92 Å². The van der Waals surface area contributed by atoms with Crippen LogP contribution in [0.5, 0.6) is 0 Å². The molecule has 9 nitrogen and oxygen atoms in total. The van der Waals surface area contributed by atoms with Crippen molar-refractivity contribution in [2.75, 3.05) is 45.9 Å². The predicted octanol–water partition coefficient (Wildman–Crippen LogP) is 2.27. The Labute approximate surface area is 183 Å². The summed E-state index contributed by atoms with van der Waals surface area (Å²) in [4.78, 5) is 32.2. The minimum atomic E-state index is -0.398. The fourth-order valence-corrected chi connectivity index (χ4v) is 3.83. The van der Waals surface area contributed by atoms with Crippen molar-refractivity contribution >= 4 is 17.6 Å². The number of nitro groups is 1. The van der Waals surface area contributed by atoms with Crippen LogP contribution >= 0.6 is 0 Å². The predicted molar refractivity (Wildman–Crippen MR) is 119 cm³/mol. The zero-order valence-electron chi connectivity index (χ0n) is 18.5. The van der Waals surface area contributed by atoms with Crippen LogP contribution in [-0.4, -0.2) is 72.5 Å². The minimum Gasteiger partial charge on any atom is -0.378 e. The standard InChI is InChI=1S/C22H33N5O4/c1-17(2)15-23-22(24-16-18-3-5-20(6-4-18)27(29)30)26-9-7-19(8-10-26)21(28)25-11-13-31-14-12-25/h3-6,17,19H,7-16H2,1-2H3,(H,23,24). The van der Waals surface area contributed by atoms with Gasteiger partial charge in [0.2, 0.25) is 5.91 Å². The van der Waals surface area contributed by atoms with Gasteiger partial charge in [0.15, 0.2) is 5.96 Å². The monoisotopic (exact) mass is 431 g/mol. The number of ether oxygens (including phenoxy) is 1. The van der Waals surface area contributed by atoms with Crippen LogP contribution in [0.1, 0.15) is 32.3 Å². The van der Waals surface area contributed by atoms with Gasteiger partial charge in [-0.3, -0.25) is 14.9 Å². The highest BCUT2D eigenvalue weighted by Crippen LogP contribution is 2.21. The summed E-state index contributed by atoms with van der Waals surface area (Å²) in [5, 5.41) is 14.3. The summed E-state index contributed by atoms with van der Waals surface area (Å²) in [6.07, 6.45) is 1.63. The number of aliphatic imine (C=N–C) groups is 1. The molecule has 2 aliphatic heterocycles. The molecule has 2 aliphatic rings. The number of benzene rings is 1. The molecule has 1 aromatic rings. The largest absolute Gasteiger partial charge is 0.378 e. The average Bonchev–Trinajstić information content (AvgIpc) is 2.79. The molecule has 1 aromatic carbocycles. The van der Waals surface area contributed by atoms with Gasteiger partial charge >= 0.3 is 0 Å². The first-order chi connectivity index (χ1) is 14.9. The molecule has 2 saturated heterocycles. The lowest BCUT2D eigenvalue weighted by Crippen LogP contribution is -2.50. The maximum absolute atomic E-state index is 12.8. The smallest absolute Gasteiger partial charge is 0.269 e. The van der Waals surface area contributed by atoms with Crippen LogP contribution in [0.4, 0.5) is 5.69 Å². The van der Waals surface area contributed by atoms with E-state index in [1.54, 1.807) is 12.1 Å². The summed E-state index contributed by atoms with van der Waals surface area (Å²) in [6, 6.07) is 6.51. The van der Waals surface area contributed by atoms with E-state index in [1.807, 2.05) is 4.90 Å². The van der Waals surface area contributed by atoms with Gasteiger partial charge in [-0.1, -0.05) is 26.0 Å². The molecule has 0 atom stereocenters. The third-order valence-corrected chi connectivity index (χ3v) is 5.69. The Balaban J connectivity index is 1.60. The number of likely N-dealkylation sites (tertiary alicyclic amines) is 1. The molecule has 9 heteroatoms. The molecule has 1 N–H and O–H groups in total. The number of amides is 1. The van der Waals surface area contributed by atoms with Crippen LogP contribution in [0.3, 0.4) is 0 Å². The van der Waals surface area contributed by atoms with Gasteiger partial charge in [-0.25, -0.2) is 4.99 Å².